The Hall–Kier alpha value is -2.36. The molecule has 0 aliphatic rings. The van der Waals surface area contributed by atoms with E-state index in [2.05, 4.69) is 4.98 Å². The summed E-state index contributed by atoms with van der Waals surface area (Å²) in [6.07, 6.45) is 1.76. The van der Waals surface area contributed by atoms with E-state index in [0.29, 0.717) is 11.5 Å². The minimum absolute atomic E-state index is 0.200. The second-order valence-corrected chi connectivity index (χ2v) is 4.03. The standard InChI is InChI=1S/C14H13NO3/c1-9-6-13(10(2)15-8-9)18-12-5-3-4-11(7-12)14(16)17/h3-8H,1-2H3,(H,16,17). The highest BCUT2D eigenvalue weighted by Gasteiger charge is 2.06. The lowest BCUT2D eigenvalue weighted by Gasteiger charge is -2.09. The highest BCUT2D eigenvalue weighted by molar-refractivity contribution is 5.88. The van der Waals surface area contributed by atoms with Gasteiger partial charge in [0.05, 0.1) is 11.3 Å². The molecule has 0 aliphatic carbocycles. The van der Waals surface area contributed by atoms with Crippen molar-refractivity contribution < 1.29 is 14.6 Å². The van der Waals surface area contributed by atoms with Gasteiger partial charge in [-0.05, 0) is 43.7 Å². The lowest BCUT2D eigenvalue weighted by atomic mass is 10.2. The van der Waals surface area contributed by atoms with Crippen LogP contribution in [-0.2, 0) is 0 Å². The Labute approximate surface area is 105 Å². The van der Waals surface area contributed by atoms with Gasteiger partial charge in [0.1, 0.15) is 11.5 Å². The molecular formula is C14H13NO3. The van der Waals surface area contributed by atoms with Gasteiger partial charge in [0.2, 0.25) is 0 Å². The Balaban J connectivity index is 2.31. The minimum atomic E-state index is -0.973. The van der Waals surface area contributed by atoms with E-state index in [4.69, 9.17) is 9.84 Å². The van der Waals surface area contributed by atoms with Crippen LogP contribution in [0.25, 0.3) is 0 Å². The molecular weight excluding hydrogens is 230 g/mol. The third kappa shape index (κ3) is 2.66. The number of benzene rings is 1. The number of aromatic nitrogens is 1. The molecule has 4 heteroatoms. The molecule has 0 atom stereocenters. The van der Waals surface area contributed by atoms with Gasteiger partial charge in [-0.3, -0.25) is 4.98 Å². The van der Waals surface area contributed by atoms with Crippen LogP contribution in [0.4, 0.5) is 0 Å². The second-order valence-electron chi connectivity index (χ2n) is 4.03. The Morgan fingerprint density at radius 3 is 2.78 bits per heavy atom. The molecule has 1 aromatic heterocycles. The van der Waals surface area contributed by atoms with Gasteiger partial charge in [-0.2, -0.15) is 0 Å². The first-order chi connectivity index (χ1) is 8.56. The first-order valence-electron chi connectivity index (χ1n) is 5.51. The summed E-state index contributed by atoms with van der Waals surface area (Å²) in [5.74, 6) is 0.155. The molecule has 0 amide bonds. The molecule has 18 heavy (non-hydrogen) atoms. The first-order valence-corrected chi connectivity index (χ1v) is 5.51. The number of carboxylic acid groups (broad SMARTS) is 1. The zero-order valence-corrected chi connectivity index (χ0v) is 10.2. The molecule has 0 saturated carbocycles. The summed E-state index contributed by atoms with van der Waals surface area (Å²) in [7, 11) is 0. The molecule has 2 rings (SSSR count). The van der Waals surface area contributed by atoms with Gasteiger partial charge >= 0.3 is 5.97 Å². The highest BCUT2D eigenvalue weighted by Crippen LogP contribution is 2.25. The first kappa shape index (κ1) is 12.1. The second kappa shape index (κ2) is 4.87. The van der Waals surface area contributed by atoms with Gasteiger partial charge < -0.3 is 9.84 Å². The highest BCUT2D eigenvalue weighted by atomic mass is 16.5. The van der Waals surface area contributed by atoms with Crippen LogP contribution in [0.3, 0.4) is 0 Å². The van der Waals surface area contributed by atoms with E-state index in [0.717, 1.165) is 11.3 Å². The maximum Gasteiger partial charge on any atom is 0.335 e. The summed E-state index contributed by atoms with van der Waals surface area (Å²) >= 11 is 0. The van der Waals surface area contributed by atoms with Gasteiger partial charge in [-0.15, -0.1) is 0 Å². The molecule has 92 valence electrons. The van der Waals surface area contributed by atoms with Gasteiger partial charge in [0.25, 0.3) is 0 Å². The summed E-state index contributed by atoms with van der Waals surface area (Å²) in [5.41, 5.74) is 1.96. The number of carbonyl (C=O) groups is 1. The van der Waals surface area contributed by atoms with Crippen LogP contribution in [0.15, 0.2) is 36.5 Å². The largest absolute Gasteiger partial charge is 0.478 e. The van der Waals surface area contributed by atoms with Gasteiger partial charge in [-0.1, -0.05) is 6.07 Å². The van der Waals surface area contributed by atoms with Gasteiger partial charge in [0, 0.05) is 6.20 Å². The molecule has 1 heterocycles. The predicted molar refractivity (Wildman–Crippen MR) is 67.2 cm³/mol. The van der Waals surface area contributed by atoms with Crippen molar-refractivity contribution in [2.75, 3.05) is 0 Å². The molecule has 0 saturated heterocycles. The number of hydrogen-bond acceptors (Lipinski definition) is 3. The zero-order chi connectivity index (χ0) is 13.1. The Morgan fingerprint density at radius 1 is 1.28 bits per heavy atom. The fourth-order valence-electron chi connectivity index (χ4n) is 1.53. The monoisotopic (exact) mass is 243 g/mol. The fraction of sp³-hybridized carbons (Fsp3) is 0.143. The Morgan fingerprint density at radius 2 is 2.06 bits per heavy atom. The third-order valence-electron chi connectivity index (χ3n) is 2.49. The van der Waals surface area contributed by atoms with Crippen molar-refractivity contribution in [2.24, 2.45) is 0 Å². The van der Waals surface area contributed by atoms with E-state index in [1.807, 2.05) is 19.9 Å². The molecule has 0 bridgehead atoms. The van der Waals surface area contributed by atoms with E-state index in [1.54, 1.807) is 18.3 Å². The average molecular weight is 243 g/mol. The summed E-state index contributed by atoms with van der Waals surface area (Å²) in [6.45, 7) is 3.77. The van der Waals surface area contributed by atoms with E-state index >= 15 is 0 Å². The number of aryl methyl sites for hydroxylation is 2. The van der Waals surface area contributed by atoms with E-state index < -0.39 is 5.97 Å². The van der Waals surface area contributed by atoms with Crippen LogP contribution in [0.5, 0.6) is 11.5 Å². The molecule has 0 fully saturated rings. The van der Waals surface area contributed by atoms with Crippen molar-refractivity contribution in [1.82, 2.24) is 4.98 Å². The van der Waals surface area contributed by atoms with Crippen molar-refractivity contribution in [2.45, 2.75) is 13.8 Å². The summed E-state index contributed by atoms with van der Waals surface area (Å²) in [6, 6.07) is 8.25. The normalized spacial score (nSPS) is 10.1. The van der Waals surface area contributed by atoms with E-state index in [9.17, 15) is 4.79 Å². The number of ether oxygens (including phenoxy) is 1. The number of aromatic carboxylic acids is 1. The Bertz CT molecular complexity index is 593. The lowest BCUT2D eigenvalue weighted by Crippen LogP contribution is -1.97. The Kier molecular flexibility index (Phi) is 3.28. The number of rotatable bonds is 3. The third-order valence-corrected chi connectivity index (χ3v) is 2.49. The van der Waals surface area contributed by atoms with Crippen molar-refractivity contribution in [3.63, 3.8) is 0 Å². The number of hydrogen-bond donors (Lipinski definition) is 1. The smallest absolute Gasteiger partial charge is 0.335 e. The molecule has 1 N–H and O–H groups in total. The number of carboxylic acids is 1. The van der Waals surface area contributed by atoms with Crippen LogP contribution in [0, 0.1) is 13.8 Å². The van der Waals surface area contributed by atoms with Crippen LogP contribution in [0.1, 0.15) is 21.6 Å². The molecule has 4 nitrogen and oxygen atoms in total. The number of pyridine rings is 1. The van der Waals surface area contributed by atoms with Crippen LogP contribution in [0.2, 0.25) is 0 Å². The summed E-state index contributed by atoms with van der Waals surface area (Å²) in [4.78, 5) is 15.0. The van der Waals surface area contributed by atoms with Crippen molar-refractivity contribution in [1.29, 1.82) is 0 Å². The summed E-state index contributed by atoms with van der Waals surface area (Å²) in [5, 5.41) is 8.91. The summed E-state index contributed by atoms with van der Waals surface area (Å²) < 4.78 is 5.65. The number of nitrogens with zero attached hydrogens (tertiary/aromatic N) is 1. The fourth-order valence-corrected chi connectivity index (χ4v) is 1.53. The van der Waals surface area contributed by atoms with Crippen molar-refractivity contribution in [3.8, 4) is 11.5 Å². The predicted octanol–water partition coefficient (Wildman–Crippen LogP) is 3.19. The molecule has 2 aromatic rings. The van der Waals surface area contributed by atoms with Gasteiger partial charge in [-0.25, -0.2) is 4.79 Å². The quantitative estimate of drug-likeness (QED) is 0.899. The maximum absolute atomic E-state index is 10.9. The van der Waals surface area contributed by atoms with Crippen LogP contribution < -0.4 is 4.74 Å². The van der Waals surface area contributed by atoms with E-state index in [-0.39, 0.29) is 5.56 Å². The van der Waals surface area contributed by atoms with Crippen LogP contribution >= 0.6 is 0 Å². The van der Waals surface area contributed by atoms with Crippen LogP contribution in [-0.4, -0.2) is 16.1 Å². The van der Waals surface area contributed by atoms with E-state index in [1.165, 1.54) is 12.1 Å². The van der Waals surface area contributed by atoms with Crippen molar-refractivity contribution >= 4 is 5.97 Å². The average Bonchev–Trinajstić information content (AvgIpc) is 2.34. The molecule has 0 aliphatic heterocycles. The topological polar surface area (TPSA) is 59.4 Å². The SMILES string of the molecule is Cc1cnc(C)c(Oc2cccc(C(=O)O)c2)c1. The zero-order valence-electron chi connectivity index (χ0n) is 10.2. The molecule has 0 radical (unpaired) electrons. The van der Waals surface area contributed by atoms with Crippen molar-refractivity contribution in [3.05, 3.63) is 53.3 Å². The lowest BCUT2D eigenvalue weighted by molar-refractivity contribution is 0.0696. The minimum Gasteiger partial charge on any atom is -0.478 e. The maximum atomic E-state index is 10.9. The molecule has 0 unspecified atom stereocenters. The van der Waals surface area contributed by atoms with Gasteiger partial charge in [0.15, 0.2) is 0 Å². The molecule has 1 aromatic carbocycles. The molecule has 0 spiro atoms.